The van der Waals surface area contributed by atoms with Crippen LogP contribution < -0.4 is 0 Å². The van der Waals surface area contributed by atoms with Crippen LogP contribution in [0, 0.1) is 0 Å². The fourth-order valence-corrected chi connectivity index (χ4v) is 4.37. The summed E-state index contributed by atoms with van der Waals surface area (Å²) in [5, 5.41) is 0. The first-order chi connectivity index (χ1) is 13.6. The number of ether oxygens (including phenoxy) is 3. The van der Waals surface area contributed by atoms with Gasteiger partial charge in [0.05, 0.1) is 12.6 Å². The van der Waals surface area contributed by atoms with E-state index in [0.29, 0.717) is 13.0 Å². The molecule has 4 atom stereocenters. The van der Waals surface area contributed by atoms with Gasteiger partial charge >= 0.3 is 5.97 Å². The molecule has 0 N–H and O–H groups in total. The van der Waals surface area contributed by atoms with Gasteiger partial charge in [-0.05, 0) is 12.5 Å². The van der Waals surface area contributed by atoms with Crippen LogP contribution in [0.2, 0.25) is 0 Å². The number of hydrogen-bond acceptors (Lipinski definition) is 5. The molecule has 0 aliphatic carbocycles. The molecule has 5 rings (SSSR count). The van der Waals surface area contributed by atoms with Crippen LogP contribution in [-0.4, -0.2) is 41.1 Å². The summed E-state index contributed by atoms with van der Waals surface area (Å²) in [5.74, 6) is -0.984. The van der Waals surface area contributed by atoms with Crippen molar-refractivity contribution in [3.05, 3.63) is 71.8 Å². The summed E-state index contributed by atoms with van der Waals surface area (Å²) < 4.78 is 17.2. The second-order valence-electron chi connectivity index (χ2n) is 7.63. The maximum absolute atomic E-state index is 13.4. The standard InChI is InChI=1S/C22H21NO5/c1-21(16-10-6-3-7-11-16)23-17(14-27-21)12-18-22(28-18,19(23)24)20(25)26-13-15-8-4-2-5-9-15/h2-11,17-18H,12-14H2,1H3/t17-,18-,21-,22-/m0/s1. The summed E-state index contributed by atoms with van der Waals surface area (Å²) >= 11 is 0. The molecule has 3 saturated heterocycles. The second-order valence-corrected chi connectivity index (χ2v) is 7.63. The van der Waals surface area contributed by atoms with E-state index < -0.39 is 23.4 Å². The number of carbonyl (C=O) groups excluding carboxylic acids is 2. The first-order valence-corrected chi connectivity index (χ1v) is 9.48. The van der Waals surface area contributed by atoms with E-state index in [9.17, 15) is 9.59 Å². The largest absolute Gasteiger partial charge is 0.458 e. The highest BCUT2D eigenvalue weighted by Crippen LogP contribution is 2.53. The summed E-state index contributed by atoms with van der Waals surface area (Å²) in [6.45, 7) is 2.40. The first-order valence-electron chi connectivity index (χ1n) is 9.48. The van der Waals surface area contributed by atoms with Gasteiger partial charge in [-0.25, -0.2) is 4.79 Å². The molecule has 2 aromatic rings. The molecule has 0 spiro atoms. The van der Waals surface area contributed by atoms with Crippen molar-refractivity contribution in [3.63, 3.8) is 0 Å². The van der Waals surface area contributed by atoms with Crippen LogP contribution in [0.4, 0.5) is 0 Å². The van der Waals surface area contributed by atoms with Gasteiger partial charge < -0.3 is 19.1 Å². The fraction of sp³-hybridized carbons (Fsp3) is 0.364. The minimum Gasteiger partial charge on any atom is -0.458 e. The molecule has 1 amide bonds. The maximum Gasteiger partial charge on any atom is 0.351 e. The Morgan fingerprint density at radius 1 is 1.14 bits per heavy atom. The molecular formula is C22H21NO5. The number of fused-ring (bicyclic) bond motifs is 2. The van der Waals surface area contributed by atoms with Gasteiger partial charge in [-0.1, -0.05) is 60.7 Å². The second kappa shape index (κ2) is 6.15. The van der Waals surface area contributed by atoms with Crippen LogP contribution in [0.3, 0.4) is 0 Å². The van der Waals surface area contributed by atoms with Crippen molar-refractivity contribution in [2.24, 2.45) is 0 Å². The molecule has 6 nitrogen and oxygen atoms in total. The van der Waals surface area contributed by atoms with E-state index in [2.05, 4.69) is 0 Å². The number of nitrogens with zero attached hydrogens (tertiary/aromatic N) is 1. The fourth-order valence-electron chi connectivity index (χ4n) is 4.37. The average molecular weight is 379 g/mol. The topological polar surface area (TPSA) is 68.4 Å². The number of amides is 1. The van der Waals surface area contributed by atoms with E-state index in [-0.39, 0.29) is 18.6 Å². The van der Waals surface area contributed by atoms with E-state index >= 15 is 0 Å². The monoisotopic (exact) mass is 379 g/mol. The van der Waals surface area contributed by atoms with Gasteiger partial charge in [-0.2, -0.15) is 0 Å². The van der Waals surface area contributed by atoms with Gasteiger partial charge in [-0.15, -0.1) is 0 Å². The predicted octanol–water partition coefficient (Wildman–Crippen LogP) is 2.37. The highest BCUT2D eigenvalue weighted by Gasteiger charge is 2.76. The van der Waals surface area contributed by atoms with E-state index in [4.69, 9.17) is 14.2 Å². The average Bonchev–Trinajstić information content (AvgIpc) is 3.38. The SMILES string of the molecule is C[C@@]1(c2ccccc2)OC[C@@H]2C[C@@H]3O[C@]3(C(=O)OCc3ccccc3)C(=O)N21. The summed E-state index contributed by atoms with van der Waals surface area (Å²) in [4.78, 5) is 28.0. The normalized spacial score (nSPS) is 33.2. The lowest BCUT2D eigenvalue weighted by Gasteiger charge is -2.39. The summed E-state index contributed by atoms with van der Waals surface area (Å²) in [6, 6.07) is 18.9. The molecule has 0 unspecified atom stereocenters. The lowest BCUT2D eigenvalue weighted by atomic mass is 9.89. The number of esters is 1. The smallest absolute Gasteiger partial charge is 0.351 e. The zero-order valence-electron chi connectivity index (χ0n) is 15.5. The minimum absolute atomic E-state index is 0.111. The number of carbonyl (C=O) groups is 2. The zero-order valence-corrected chi connectivity index (χ0v) is 15.5. The van der Waals surface area contributed by atoms with Crippen LogP contribution in [0.5, 0.6) is 0 Å². The molecule has 144 valence electrons. The van der Waals surface area contributed by atoms with Crippen molar-refractivity contribution in [2.75, 3.05) is 6.61 Å². The third-order valence-electron chi connectivity index (χ3n) is 5.95. The van der Waals surface area contributed by atoms with Crippen LogP contribution >= 0.6 is 0 Å². The number of rotatable bonds is 4. The highest BCUT2D eigenvalue weighted by atomic mass is 16.7. The quantitative estimate of drug-likeness (QED) is 0.464. The minimum atomic E-state index is -1.53. The number of epoxide rings is 1. The van der Waals surface area contributed by atoms with Crippen molar-refractivity contribution < 1.29 is 23.8 Å². The van der Waals surface area contributed by atoms with E-state index in [1.165, 1.54) is 0 Å². The van der Waals surface area contributed by atoms with Crippen LogP contribution in [0.1, 0.15) is 24.5 Å². The van der Waals surface area contributed by atoms with Crippen LogP contribution in [0.25, 0.3) is 0 Å². The van der Waals surface area contributed by atoms with Crippen molar-refractivity contribution in [2.45, 2.75) is 43.4 Å². The highest BCUT2D eigenvalue weighted by molar-refractivity contribution is 6.11. The Morgan fingerprint density at radius 2 is 1.82 bits per heavy atom. The molecule has 0 radical (unpaired) electrons. The summed E-state index contributed by atoms with van der Waals surface area (Å²) in [6.07, 6.45) is 0.125. The Bertz CT molecular complexity index is 917. The molecule has 2 aromatic carbocycles. The third kappa shape index (κ3) is 2.41. The Morgan fingerprint density at radius 3 is 2.54 bits per heavy atom. The van der Waals surface area contributed by atoms with Crippen molar-refractivity contribution in [1.82, 2.24) is 4.90 Å². The van der Waals surface area contributed by atoms with E-state index in [0.717, 1.165) is 11.1 Å². The number of benzene rings is 2. The molecule has 6 heteroatoms. The van der Waals surface area contributed by atoms with Crippen molar-refractivity contribution in [3.8, 4) is 0 Å². The number of hydrogen-bond donors (Lipinski definition) is 0. The van der Waals surface area contributed by atoms with Crippen LogP contribution in [-0.2, 0) is 36.1 Å². The number of piperidine rings is 1. The third-order valence-corrected chi connectivity index (χ3v) is 5.95. The van der Waals surface area contributed by atoms with Gasteiger partial charge in [0.1, 0.15) is 12.7 Å². The maximum atomic E-state index is 13.4. The molecule has 3 aliphatic heterocycles. The lowest BCUT2D eigenvalue weighted by Crippen LogP contribution is -2.59. The Kier molecular flexibility index (Phi) is 3.82. The molecule has 0 saturated carbocycles. The summed E-state index contributed by atoms with van der Waals surface area (Å²) in [5.41, 5.74) is -0.719. The molecular weight excluding hydrogens is 358 g/mol. The van der Waals surface area contributed by atoms with E-state index in [1.807, 2.05) is 67.6 Å². The molecule has 0 aromatic heterocycles. The predicted molar refractivity (Wildman–Crippen MR) is 98.8 cm³/mol. The van der Waals surface area contributed by atoms with Crippen molar-refractivity contribution in [1.29, 1.82) is 0 Å². The Balaban J connectivity index is 1.39. The van der Waals surface area contributed by atoms with Gasteiger partial charge in [-0.3, -0.25) is 4.79 Å². The Labute approximate surface area is 163 Å². The van der Waals surface area contributed by atoms with Gasteiger partial charge in [0.25, 0.3) is 11.5 Å². The summed E-state index contributed by atoms with van der Waals surface area (Å²) in [7, 11) is 0. The molecule has 0 bridgehead atoms. The van der Waals surface area contributed by atoms with Gasteiger partial charge in [0.2, 0.25) is 0 Å². The molecule has 28 heavy (non-hydrogen) atoms. The molecule has 3 fully saturated rings. The van der Waals surface area contributed by atoms with Crippen LogP contribution in [0.15, 0.2) is 60.7 Å². The van der Waals surface area contributed by atoms with Crippen molar-refractivity contribution >= 4 is 11.9 Å². The molecule has 3 aliphatic rings. The van der Waals surface area contributed by atoms with E-state index in [1.54, 1.807) is 4.90 Å². The Hall–Kier alpha value is -2.70. The van der Waals surface area contributed by atoms with Gasteiger partial charge in [0.15, 0.2) is 5.72 Å². The van der Waals surface area contributed by atoms with Gasteiger partial charge in [0, 0.05) is 12.0 Å². The molecule has 3 heterocycles. The first kappa shape index (κ1) is 17.4. The zero-order chi connectivity index (χ0) is 19.4. The lowest BCUT2D eigenvalue weighted by molar-refractivity contribution is -0.168.